The Morgan fingerprint density at radius 2 is 2.00 bits per heavy atom. The molecule has 0 spiro atoms. The van der Waals surface area contributed by atoms with E-state index in [1.165, 1.54) is 44.1 Å². The molecule has 0 aromatic heterocycles. The summed E-state index contributed by atoms with van der Waals surface area (Å²) < 4.78 is 0. The summed E-state index contributed by atoms with van der Waals surface area (Å²) in [6, 6.07) is 9.91. The fraction of sp³-hybridized carbons (Fsp3) is 0.684. The molecule has 2 rings (SSSR count). The van der Waals surface area contributed by atoms with Gasteiger partial charge < -0.3 is 5.32 Å². The van der Waals surface area contributed by atoms with Crippen molar-refractivity contribution < 1.29 is 0 Å². The van der Waals surface area contributed by atoms with Gasteiger partial charge in [-0.25, -0.2) is 0 Å². The van der Waals surface area contributed by atoms with E-state index in [-0.39, 0.29) is 0 Å². The molecular weight excluding hydrogens is 242 g/mol. The molecule has 1 atom stereocenters. The molecule has 1 nitrogen and oxygen atoms in total. The summed E-state index contributed by atoms with van der Waals surface area (Å²) in [6.07, 6.45) is 7.96. The third kappa shape index (κ3) is 4.34. The summed E-state index contributed by atoms with van der Waals surface area (Å²) in [5.74, 6) is 1.63. The van der Waals surface area contributed by atoms with Crippen LogP contribution in [0.5, 0.6) is 0 Å². The molecule has 1 unspecified atom stereocenters. The zero-order valence-electron chi connectivity index (χ0n) is 13.5. The third-order valence-corrected chi connectivity index (χ3v) is 4.56. The van der Waals surface area contributed by atoms with Crippen LogP contribution in [-0.4, -0.2) is 6.54 Å². The molecule has 0 aliphatic heterocycles. The molecule has 0 saturated heterocycles. The normalized spacial score (nSPS) is 17.2. The van der Waals surface area contributed by atoms with Crippen molar-refractivity contribution in [3.05, 3.63) is 35.4 Å². The SMILES string of the molecule is CCCNC(CCC(C)C)c1cccc(C2CCC2)c1. The zero-order chi connectivity index (χ0) is 14.4. The van der Waals surface area contributed by atoms with Gasteiger partial charge in [0.1, 0.15) is 0 Å². The molecule has 0 bridgehead atoms. The first-order valence-electron chi connectivity index (χ1n) is 8.54. The van der Waals surface area contributed by atoms with E-state index in [1.54, 1.807) is 5.56 Å². The van der Waals surface area contributed by atoms with Crippen molar-refractivity contribution in [2.24, 2.45) is 5.92 Å². The standard InChI is InChI=1S/C19H31N/c1-4-13-20-19(12-11-15(2)3)18-10-6-9-17(14-18)16-7-5-8-16/h6,9-10,14-16,19-20H,4-5,7-8,11-13H2,1-3H3. The summed E-state index contributed by atoms with van der Waals surface area (Å²) in [6.45, 7) is 8.01. The predicted octanol–water partition coefficient (Wildman–Crippen LogP) is 5.43. The fourth-order valence-electron chi connectivity index (χ4n) is 2.98. The highest BCUT2D eigenvalue weighted by Crippen LogP contribution is 2.37. The number of nitrogens with one attached hydrogen (secondary N) is 1. The van der Waals surface area contributed by atoms with Crippen LogP contribution >= 0.6 is 0 Å². The van der Waals surface area contributed by atoms with Gasteiger partial charge in [-0.1, -0.05) is 51.5 Å². The van der Waals surface area contributed by atoms with Gasteiger partial charge in [0.2, 0.25) is 0 Å². The van der Waals surface area contributed by atoms with E-state index in [9.17, 15) is 0 Å². The topological polar surface area (TPSA) is 12.0 Å². The lowest BCUT2D eigenvalue weighted by Crippen LogP contribution is -2.23. The van der Waals surface area contributed by atoms with Crippen LogP contribution < -0.4 is 5.32 Å². The van der Waals surface area contributed by atoms with Crippen LogP contribution in [0.15, 0.2) is 24.3 Å². The van der Waals surface area contributed by atoms with Crippen molar-refractivity contribution in [3.63, 3.8) is 0 Å². The van der Waals surface area contributed by atoms with Crippen molar-refractivity contribution in [1.82, 2.24) is 5.32 Å². The maximum Gasteiger partial charge on any atom is 0.0320 e. The lowest BCUT2D eigenvalue weighted by molar-refractivity contribution is 0.416. The molecule has 1 aliphatic rings. The van der Waals surface area contributed by atoms with Gasteiger partial charge in [0.15, 0.2) is 0 Å². The monoisotopic (exact) mass is 273 g/mol. The van der Waals surface area contributed by atoms with Crippen LogP contribution in [0.4, 0.5) is 0 Å². The number of hydrogen-bond donors (Lipinski definition) is 1. The van der Waals surface area contributed by atoms with E-state index >= 15 is 0 Å². The van der Waals surface area contributed by atoms with Crippen molar-refractivity contribution in [1.29, 1.82) is 0 Å². The highest BCUT2D eigenvalue weighted by atomic mass is 14.9. The molecule has 1 aliphatic carbocycles. The Kier molecular flexibility index (Phi) is 6.09. The fourth-order valence-corrected chi connectivity index (χ4v) is 2.98. The minimum atomic E-state index is 0.539. The van der Waals surface area contributed by atoms with Crippen LogP contribution in [0, 0.1) is 5.92 Å². The van der Waals surface area contributed by atoms with Crippen LogP contribution in [-0.2, 0) is 0 Å². The average Bonchev–Trinajstić information content (AvgIpc) is 2.37. The lowest BCUT2D eigenvalue weighted by atomic mass is 9.79. The molecule has 0 amide bonds. The minimum absolute atomic E-state index is 0.539. The molecule has 1 saturated carbocycles. The maximum atomic E-state index is 3.74. The van der Waals surface area contributed by atoms with Crippen molar-refractivity contribution in [3.8, 4) is 0 Å². The van der Waals surface area contributed by atoms with Gasteiger partial charge in [0.25, 0.3) is 0 Å². The molecule has 1 aromatic rings. The predicted molar refractivity (Wildman–Crippen MR) is 88.1 cm³/mol. The number of rotatable bonds is 8. The first-order valence-corrected chi connectivity index (χ1v) is 8.54. The summed E-state index contributed by atoms with van der Waals surface area (Å²) in [5.41, 5.74) is 3.07. The Morgan fingerprint density at radius 1 is 1.20 bits per heavy atom. The van der Waals surface area contributed by atoms with Gasteiger partial charge in [-0.2, -0.15) is 0 Å². The van der Waals surface area contributed by atoms with Gasteiger partial charge in [-0.3, -0.25) is 0 Å². The number of benzene rings is 1. The second kappa shape index (κ2) is 7.83. The van der Waals surface area contributed by atoms with Gasteiger partial charge in [0.05, 0.1) is 0 Å². The second-order valence-electron chi connectivity index (χ2n) is 6.78. The van der Waals surface area contributed by atoms with Crippen LogP contribution in [0.3, 0.4) is 0 Å². The largest absolute Gasteiger partial charge is 0.310 e. The Balaban J connectivity index is 2.05. The summed E-state index contributed by atoms with van der Waals surface area (Å²) >= 11 is 0. The van der Waals surface area contributed by atoms with E-state index in [0.717, 1.165) is 18.4 Å². The number of hydrogen-bond acceptors (Lipinski definition) is 1. The Labute approximate surface area is 125 Å². The van der Waals surface area contributed by atoms with E-state index < -0.39 is 0 Å². The van der Waals surface area contributed by atoms with E-state index in [2.05, 4.69) is 50.4 Å². The van der Waals surface area contributed by atoms with Crippen LogP contribution in [0.1, 0.15) is 82.4 Å². The molecular formula is C19H31N. The van der Waals surface area contributed by atoms with Crippen molar-refractivity contribution in [2.75, 3.05) is 6.54 Å². The minimum Gasteiger partial charge on any atom is -0.310 e. The maximum absolute atomic E-state index is 3.74. The van der Waals surface area contributed by atoms with Crippen LogP contribution in [0.2, 0.25) is 0 Å². The molecule has 0 heterocycles. The van der Waals surface area contributed by atoms with Gasteiger partial charge >= 0.3 is 0 Å². The quantitative estimate of drug-likeness (QED) is 0.666. The highest BCUT2D eigenvalue weighted by molar-refractivity contribution is 5.29. The molecule has 1 fully saturated rings. The average molecular weight is 273 g/mol. The van der Waals surface area contributed by atoms with E-state index in [4.69, 9.17) is 0 Å². The second-order valence-corrected chi connectivity index (χ2v) is 6.78. The highest BCUT2D eigenvalue weighted by Gasteiger charge is 2.20. The van der Waals surface area contributed by atoms with Gasteiger partial charge in [-0.15, -0.1) is 0 Å². The molecule has 20 heavy (non-hydrogen) atoms. The molecule has 112 valence electrons. The van der Waals surface area contributed by atoms with E-state index in [0.29, 0.717) is 6.04 Å². The Bertz CT molecular complexity index is 393. The molecule has 1 N–H and O–H groups in total. The summed E-state index contributed by atoms with van der Waals surface area (Å²) in [4.78, 5) is 0. The molecule has 1 aromatic carbocycles. The van der Waals surface area contributed by atoms with Crippen LogP contribution in [0.25, 0.3) is 0 Å². The third-order valence-electron chi connectivity index (χ3n) is 4.56. The van der Waals surface area contributed by atoms with Gasteiger partial charge in [0, 0.05) is 6.04 Å². The zero-order valence-corrected chi connectivity index (χ0v) is 13.5. The van der Waals surface area contributed by atoms with Crippen molar-refractivity contribution >= 4 is 0 Å². The molecule has 1 heteroatoms. The summed E-state index contributed by atoms with van der Waals surface area (Å²) in [5, 5.41) is 3.74. The Hall–Kier alpha value is -0.820. The smallest absolute Gasteiger partial charge is 0.0320 e. The molecule has 0 radical (unpaired) electrons. The first-order chi connectivity index (χ1) is 9.70. The van der Waals surface area contributed by atoms with E-state index in [1.807, 2.05) is 0 Å². The lowest BCUT2D eigenvalue weighted by Gasteiger charge is -2.27. The van der Waals surface area contributed by atoms with Gasteiger partial charge in [-0.05, 0) is 61.6 Å². The summed E-state index contributed by atoms with van der Waals surface area (Å²) in [7, 11) is 0. The van der Waals surface area contributed by atoms with Crippen molar-refractivity contribution in [2.45, 2.75) is 71.3 Å². The first kappa shape index (κ1) is 15.6. The Morgan fingerprint density at radius 3 is 2.60 bits per heavy atom.